The molecule has 2 heteroatoms. The largest absolute Gasteiger partial charge is 0.456 e. The van der Waals surface area contributed by atoms with E-state index < -0.39 is 0 Å². The van der Waals surface area contributed by atoms with Gasteiger partial charge in [-0.1, -0.05) is 181 Å². The number of rotatable bonds is 7. The Labute approximate surface area is 395 Å². The van der Waals surface area contributed by atoms with Crippen LogP contribution in [0.3, 0.4) is 0 Å². The van der Waals surface area contributed by atoms with Crippen LogP contribution in [0.1, 0.15) is 76.6 Å². The van der Waals surface area contributed by atoms with E-state index in [1.807, 2.05) is 12.1 Å². The molecular formula is C65H55NO. The van der Waals surface area contributed by atoms with Crippen molar-refractivity contribution in [3.8, 4) is 55.6 Å². The molecule has 0 saturated heterocycles. The van der Waals surface area contributed by atoms with Crippen molar-refractivity contribution in [3.05, 3.63) is 222 Å². The third-order valence-corrected chi connectivity index (χ3v) is 15.4. The van der Waals surface area contributed by atoms with Gasteiger partial charge in [-0.2, -0.15) is 0 Å². The van der Waals surface area contributed by atoms with E-state index in [-0.39, 0.29) is 16.2 Å². The van der Waals surface area contributed by atoms with Crippen molar-refractivity contribution in [1.82, 2.24) is 0 Å². The highest BCUT2D eigenvalue weighted by Gasteiger charge is 2.42. The van der Waals surface area contributed by atoms with Gasteiger partial charge in [-0.05, 0) is 156 Å². The van der Waals surface area contributed by atoms with Crippen LogP contribution in [-0.4, -0.2) is 0 Å². The zero-order valence-corrected chi connectivity index (χ0v) is 39.3. The first-order valence-electron chi connectivity index (χ1n) is 23.9. The van der Waals surface area contributed by atoms with Gasteiger partial charge in [0.05, 0.1) is 0 Å². The smallest absolute Gasteiger partial charge is 0.137 e. The second-order valence-corrected chi connectivity index (χ2v) is 20.8. The topological polar surface area (TPSA) is 16.4 Å². The summed E-state index contributed by atoms with van der Waals surface area (Å²) in [6.45, 7) is 14.6. The fourth-order valence-corrected chi connectivity index (χ4v) is 11.3. The quantitative estimate of drug-likeness (QED) is 0.159. The van der Waals surface area contributed by atoms with Crippen LogP contribution in [0.15, 0.2) is 205 Å². The van der Waals surface area contributed by atoms with Crippen LogP contribution in [0.5, 0.6) is 0 Å². The fraction of sp³-hybridized carbons (Fsp3) is 0.169. The van der Waals surface area contributed by atoms with Crippen molar-refractivity contribution in [2.75, 3.05) is 4.90 Å². The summed E-state index contributed by atoms with van der Waals surface area (Å²) in [6.07, 6.45) is 2.44. The maximum Gasteiger partial charge on any atom is 0.137 e. The Morgan fingerprint density at radius 2 is 0.806 bits per heavy atom. The molecule has 10 aromatic rings. The summed E-state index contributed by atoms with van der Waals surface area (Å²) >= 11 is 0. The van der Waals surface area contributed by atoms with Gasteiger partial charge in [0.15, 0.2) is 0 Å². The SMILES string of the molecule is CC1(C)CCC(C)(C)c2cc3c(cc21)-c1cc(-c2ccc(-c4ccc(N(c5cccc(-c6ccc(-c7ccccc7)cc6)c5)c5ccc6c(c5)oc5ccccc56)cc4)cc2)ccc1C3(C)C. The second kappa shape index (κ2) is 15.3. The van der Waals surface area contributed by atoms with Crippen LogP contribution in [-0.2, 0) is 16.2 Å². The van der Waals surface area contributed by atoms with Crippen LogP contribution in [0, 0.1) is 0 Å². The highest BCUT2D eigenvalue weighted by Crippen LogP contribution is 2.55. The molecule has 67 heavy (non-hydrogen) atoms. The molecule has 1 heterocycles. The average Bonchev–Trinajstić information content (AvgIpc) is 3.84. The van der Waals surface area contributed by atoms with Crippen LogP contribution in [0.25, 0.3) is 77.6 Å². The van der Waals surface area contributed by atoms with Gasteiger partial charge in [-0.25, -0.2) is 0 Å². The van der Waals surface area contributed by atoms with Gasteiger partial charge >= 0.3 is 0 Å². The maximum atomic E-state index is 6.43. The van der Waals surface area contributed by atoms with E-state index in [4.69, 9.17) is 4.42 Å². The Bertz CT molecular complexity index is 3510. The third kappa shape index (κ3) is 6.92. The second-order valence-electron chi connectivity index (χ2n) is 20.8. The van der Waals surface area contributed by atoms with E-state index in [1.165, 1.54) is 79.6 Å². The minimum Gasteiger partial charge on any atom is -0.456 e. The Kier molecular flexibility index (Phi) is 9.39. The molecule has 12 rings (SSSR count). The summed E-state index contributed by atoms with van der Waals surface area (Å²) in [5.41, 5.74) is 23.6. The summed E-state index contributed by atoms with van der Waals surface area (Å²) in [7, 11) is 0. The first-order chi connectivity index (χ1) is 32.4. The summed E-state index contributed by atoms with van der Waals surface area (Å²) in [5.74, 6) is 0. The number of fused-ring (bicyclic) bond motifs is 7. The molecule has 326 valence electrons. The van der Waals surface area contributed by atoms with Crippen molar-refractivity contribution in [3.63, 3.8) is 0 Å². The van der Waals surface area contributed by atoms with Gasteiger partial charge in [-0.3, -0.25) is 0 Å². The molecule has 0 radical (unpaired) electrons. The molecule has 0 bridgehead atoms. The average molecular weight is 866 g/mol. The highest BCUT2D eigenvalue weighted by molar-refractivity contribution is 6.06. The minimum atomic E-state index is -0.0421. The molecular weight excluding hydrogens is 811 g/mol. The summed E-state index contributed by atoms with van der Waals surface area (Å²) in [5, 5.41) is 2.24. The number of nitrogens with zero attached hydrogens (tertiary/aromatic N) is 1. The Hall–Kier alpha value is -7.42. The molecule has 0 spiro atoms. The Balaban J connectivity index is 0.871. The molecule has 0 amide bonds. The number of furan rings is 1. The van der Waals surface area contributed by atoms with E-state index in [0.717, 1.165) is 44.6 Å². The number of anilines is 3. The van der Waals surface area contributed by atoms with Gasteiger partial charge < -0.3 is 9.32 Å². The monoisotopic (exact) mass is 865 g/mol. The maximum absolute atomic E-state index is 6.43. The Morgan fingerprint density at radius 1 is 0.328 bits per heavy atom. The molecule has 1 aromatic heterocycles. The third-order valence-electron chi connectivity index (χ3n) is 15.4. The predicted octanol–water partition coefficient (Wildman–Crippen LogP) is 18.4. The molecule has 0 N–H and O–H groups in total. The van der Waals surface area contributed by atoms with Crippen LogP contribution >= 0.6 is 0 Å². The number of para-hydroxylation sites is 1. The van der Waals surface area contributed by atoms with E-state index in [9.17, 15) is 0 Å². The highest BCUT2D eigenvalue weighted by atomic mass is 16.3. The summed E-state index contributed by atoms with van der Waals surface area (Å²) < 4.78 is 6.43. The number of benzene rings is 9. The van der Waals surface area contributed by atoms with E-state index in [1.54, 1.807) is 5.56 Å². The molecule has 2 aliphatic carbocycles. The standard InChI is InChI=1S/C65H55NO/c1-63(2)35-36-64(3,4)60-41-58-56(40-59(60)63)55-38-49(29-34-57(55)65(58,5)6)47-25-21-44(22-26-47)45-27-30-50(31-28-45)66(52-32-33-54-53-17-10-11-18-61(53)67-62(54)39-52)51-16-12-15-48(37-51)46-23-19-43(20-24-46)42-13-8-7-9-14-42/h7-34,37-41H,35-36H2,1-6H3. The van der Waals surface area contributed by atoms with E-state index >= 15 is 0 Å². The zero-order chi connectivity index (χ0) is 45.7. The number of hydrogen-bond donors (Lipinski definition) is 0. The van der Waals surface area contributed by atoms with Crippen molar-refractivity contribution < 1.29 is 4.42 Å². The first-order valence-corrected chi connectivity index (χ1v) is 23.9. The van der Waals surface area contributed by atoms with E-state index in [2.05, 4.69) is 234 Å². The van der Waals surface area contributed by atoms with Crippen LogP contribution < -0.4 is 4.90 Å². The van der Waals surface area contributed by atoms with Crippen molar-refractivity contribution >= 4 is 39.0 Å². The van der Waals surface area contributed by atoms with Crippen LogP contribution in [0.2, 0.25) is 0 Å². The molecule has 9 aromatic carbocycles. The molecule has 0 saturated carbocycles. The zero-order valence-electron chi connectivity index (χ0n) is 39.3. The first kappa shape index (κ1) is 41.0. The molecule has 2 nitrogen and oxygen atoms in total. The minimum absolute atomic E-state index is 0.0421. The van der Waals surface area contributed by atoms with Crippen molar-refractivity contribution in [2.45, 2.75) is 70.6 Å². The lowest BCUT2D eigenvalue weighted by molar-refractivity contribution is 0.331. The molecule has 0 fully saturated rings. The lowest BCUT2D eigenvalue weighted by Crippen LogP contribution is -2.34. The normalized spacial score (nSPS) is 15.3. The lowest BCUT2D eigenvalue weighted by atomic mass is 9.62. The molecule has 0 aliphatic heterocycles. The van der Waals surface area contributed by atoms with Gasteiger partial charge in [0.2, 0.25) is 0 Å². The van der Waals surface area contributed by atoms with Crippen molar-refractivity contribution in [1.29, 1.82) is 0 Å². The van der Waals surface area contributed by atoms with E-state index in [0.29, 0.717) is 0 Å². The van der Waals surface area contributed by atoms with Gasteiger partial charge in [0.25, 0.3) is 0 Å². The Morgan fingerprint density at radius 3 is 1.48 bits per heavy atom. The summed E-state index contributed by atoms with van der Waals surface area (Å²) in [4.78, 5) is 2.34. The molecule has 0 unspecified atom stereocenters. The fourth-order valence-electron chi connectivity index (χ4n) is 11.3. The number of hydrogen-bond acceptors (Lipinski definition) is 2. The lowest BCUT2D eigenvalue weighted by Gasteiger charge is -2.42. The van der Waals surface area contributed by atoms with Gasteiger partial charge in [0.1, 0.15) is 11.2 Å². The predicted molar refractivity (Wildman–Crippen MR) is 283 cm³/mol. The molecule has 2 aliphatic rings. The van der Waals surface area contributed by atoms with Crippen LogP contribution in [0.4, 0.5) is 17.1 Å². The van der Waals surface area contributed by atoms with Gasteiger partial charge in [0, 0.05) is 39.3 Å². The van der Waals surface area contributed by atoms with Gasteiger partial charge in [-0.15, -0.1) is 0 Å². The van der Waals surface area contributed by atoms with Crippen molar-refractivity contribution in [2.24, 2.45) is 0 Å². The molecule has 0 atom stereocenters. The summed E-state index contributed by atoms with van der Waals surface area (Å²) in [6, 6.07) is 73.6.